The molecule has 108 valence electrons. The highest BCUT2D eigenvalue weighted by atomic mass is 16.3. The van der Waals surface area contributed by atoms with Crippen molar-refractivity contribution < 1.29 is 14.7 Å². The molecule has 1 amide bonds. The zero-order valence-corrected chi connectivity index (χ0v) is 12.7. The van der Waals surface area contributed by atoms with Gasteiger partial charge in [-0.3, -0.25) is 9.59 Å². The van der Waals surface area contributed by atoms with E-state index in [1.54, 1.807) is 4.90 Å². The highest BCUT2D eigenvalue weighted by Crippen LogP contribution is 2.45. The highest BCUT2D eigenvalue weighted by molar-refractivity contribution is 6.09. The molecule has 4 heteroatoms. The van der Waals surface area contributed by atoms with Gasteiger partial charge in [0.15, 0.2) is 5.60 Å². The van der Waals surface area contributed by atoms with Crippen molar-refractivity contribution in [2.24, 2.45) is 0 Å². The van der Waals surface area contributed by atoms with E-state index in [4.69, 9.17) is 0 Å². The van der Waals surface area contributed by atoms with Gasteiger partial charge in [0.25, 0.3) is 5.91 Å². The van der Waals surface area contributed by atoms with E-state index in [1.807, 2.05) is 39.8 Å². The Kier molecular flexibility index (Phi) is 3.46. The second kappa shape index (κ2) is 4.70. The monoisotopic (exact) mass is 275 g/mol. The summed E-state index contributed by atoms with van der Waals surface area (Å²) in [4.78, 5) is 25.7. The highest BCUT2D eigenvalue weighted by Gasteiger charge is 2.51. The third kappa shape index (κ3) is 2.04. The maximum atomic E-state index is 12.6. The summed E-state index contributed by atoms with van der Waals surface area (Å²) >= 11 is 0. The van der Waals surface area contributed by atoms with Crippen molar-refractivity contribution in [1.82, 2.24) is 0 Å². The Morgan fingerprint density at radius 1 is 1.35 bits per heavy atom. The van der Waals surface area contributed by atoms with E-state index < -0.39 is 11.5 Å². The third-order valence-corrected chi connectivity index (χ3v) is 3.73. The number of aryl methyl sites for hydroxylation is 2. The van der Waals surface area contributed by atoms with E-state index in [-0.39, 0.29) is 18.2 Å². The SMILES string of the molecule is CC(=O)CC1(O)C(=O)N(C(C)C)c2c(C)cc(C)cc21. The first-order chi connectivity index (χ1) is 9.18. The van der Waals surface area contributed by atoms with E-state index >= 15 is 0 Å². The van der Waals surface area contributed by atoms with Gasteiger partial charge >= 0.3 is 0 Å². The average Bonchev–Trinajstić information content (AvgIpc) is 2.49. The van der Waals surface area contributed by atoms with Gasteiger partial charge in [-0.1, -0.05) is 17.7 Å². The van der Waals surface area contributed by atoms with Gasteiger partial charge in [0.05, 0.1) is 5.69 Å². The van der Waals surface area contributed by atoms with Crippen molar-refractivity contribution in [3.63, 3.8) is 0 Å². The molecular weight excluding hydrogens is 254 g/mol. The fourth-order valence-corrected chi connectivity index (χ4v) is 3.03. The molecule has 0 saturated heterocycles. The maximum absolute atomic E-state index is 12.6. The Labute approximate surface area is 119 Å². The number of hydrogen-bond acceptors (Lipinski definition) is 3. The molecule has 4 nitrogen and oxygen atoms in total. The summed E-state index contributed by atoms with van der Waals surface area (Å²) in [5, 5.41) is 10.8. The predicted molar refractivity (Wildman–Crippen MR) is 77.7 cm³/mol. The number of Topliss-reactive ketones (excluding diaryl/α,β-unsaturated/α-hetero) is 1. The molecule has 1 aromatic rings. The van der Waals surface area contributed by atoms with Gasteiger partial charge in [-0.05, 0) is 40.2 Å². The van der Waals surface area contributed by atoms with Crippen LogP contribution >= 0.6 is 0 Å². The lowest BCUT2D eigenvalue weighted by Crippen LogP contribution is -2.44. The van der Waals surface area contributed by atoms with Crippen molar-refractivity contribution >= 4 is 17.4 Å². The molecule has 1 atom stereocenters. The topological polar surface area (TPSA) is 57.6 Å². The Morgan fingerprint density at radius 2 is 1.95 bits per heavy atom. The number of rotatable bonds is 3. The first-order valence-corrected chi connectivity index (χ1v) is 6.85. The van der Waals surface area contributed by atoms with Gasteiger partial charge in [-0.25, -0.2) is 0 Å². The average molecular weight is 275 g/mol. The van der Waals surface area contributed by atoms with E-state index in [2.05, 4.69) is 0 Å². The first kappa shape index (κ1) is 14.7. The number of carbonyl (C=O) groups excluding carboxylic acids is 2. The number of benzene rings is 1. The molecule has 0 radical (unpaired) electrons. The van der Waals surface area contributed by atoms with Crippen molar-refractivity contribution in [2.75, 3.05) is 4.90 Å². The lowest BCUT2D eigenvalue weighted by Gasteiger charge is -2.25. The normalized spacial score (nSPS) is 21.6. The van der Waals surface area contributed by atoms with Crippen LogP contribution in [0.2, 0.25) is 0 Å². The Hall–Kier alpha value is -1.68. The van der Waals surface area contributed by atoms with Crippen LogP contribution in [0.25, 0.3) is 0 Å². The predicted octanol–water partition coefficient (Wildman–Crippen LogP) is 2.23. The van der Waals surface area contributed by atoms with Gasteiger partial charge in [0.1, 0.15) is 5.78 Å². The number of anilines is 1. The summed E-state index contributed by atoms with van der Waals surface area (Å²) in [6.45, 7) is 9.05. The number of amides is 1. The second-order valence-electron chi connectivity index (χ2n) is 5.99. The van der Waals surface area contributed by atoms with Crippen LogP contribution in [0.5, 0.6) is 0 Å². The molecule has 0 fully saturated rings. The standard InChI is InChI=1S/C16H21NO3/c1-9(2)17-14-11(4)6-10(3)7-13(14)16(20,15(17)19)8-12(5)18/h6-7,9,20H,8H2,1-5H3. The number of carbonyl (C=O) groups is 2. The quantitative estimate of drug-likeness (QED) is 0.920. The summed E-state index contributed by atoms with van der Waals surface area (Å²) in [6, 6.07) is 3.73. The minimum atomic E-state index is -1.72. The minimum absolute atomic E-state index is 0.0661. The van der Waals surface area contributed by atoms with E-state index in [9.17, 15) is 14.7 Å². The van der Waals surface area contributed by atoms with Crippen LogP contribution in [0.3, 0.4) is 0 Å². The summed E-state index contributed by atoms with van der Waals surface area (Å²) in [5.74, 6) is -0.594. The third-order valence-electron chi connectivity index (χ3n) is 3.73. The minimum Gasteiger partial charge on any atom is -0.375 e. The molecule has 1 unspecified atom stereocenters. The van der Waals surface area contributed by atoms with Crippen LogP contribution in [-0.2, 0) is 15.2 Å². The lowest BCUT2D eigenvalue weighted by molar-refractivity contribution is -0.141. The summed E-state index contributed by atoms with van der Waals surface area (Å²) in [7, 11) is 0. The van der Waals surface area contributed by atoms with Gasteiger partial charge < -0.3 is 10.0 Å². The Morgan fingerprint density at radius 3 is 2.45 bits per heavy atom. The summed E-state index contributed by atoms with van der Waals surface area (Å²) < 4.78 is 0. The smallest absolute Gasteiger partial charge is 0.264 e. The maximum Gasteiger partial charge on any atom is 0.264 e. The first-order valence-electron chi connectivity index (χ1n) is 6.85. The van der Waals surface area contributed by atoms with Gasteiger partial charge in [0.2, 0.25) is 0 Å². The summed E-state index contributed by atoms with van der Waals surface area (Å²) in [5.41, 5.74) is 1.51. The lowest BCUT2D eigenvalue weighted by atomic mass is 9.88. The van der Waals surface area contributed by atoms with Gasteiger partial charge in [-0.15, -0.1) is 0 Å². The molecule has 0 spiro atoms. The molecule has 1 aliphatic heterocycles. The van der Waals surface area contributed by atoms with Crippen molar-refractivity contribution in [2.45, 2.75) is 52.7 Å². The van der Waals surface area contributed by atoms with E-state index in [1.165, 1.54) is 6.92 Å². The van der Waals surface area contributed by atoms with Crippen LogP contribution in [0.4, 0.5) is 5.69 Å². The Bertz CT molecular complexity index is 592. The fraction of sp³-hybridized carbons (Fsp3) is 0.500. The number of aliphatic hydroxyl groups is 1. The number of nitrogens with zero attached hydrogens (tertiary/aromatic N) is 1. The fourth-order valence-electron chi connectivity index (χ4n) is 3.03. The Balaban J connectivity index is 2.72. The van der Waals surface area contributed by atoms with Crippen molar-refractivity contribution in [3.05, 3.63) is 28.8 Å². The zero-order valence-electron chi connectivity index (χ0n) is 12.7. The molecule has 20 heavy (non-hydrogen) atoms. The van der Waals surface area contributed by atoms with Crippen LogP contribution in [0.1, 0.15) is 43.9 Å². The molecular formula is C16H21NO3. The van der Waals surface area contributed by atoms with Crippen LogP contribution < -0.4 is 4.90 Å². The molecule has 0 aliphatic carbocycles. The van der Waals surface area contributed by atoms with Crippen LogP contribution in [0, 0.1) is 13.8 Å². The molecule has 2 rings (SSSR count). The molecule has 0 bridgehead atoms. The van der Waals surface area contributed by atoms with Crippen molar-refractivity contribution in [1.29, 1.82) is 0 Å². The molecule has 0 saturated carbocycles. The molecule has 1 aliphatic rings. The molecule has 0 aromatic heterocycles. The van der Waals surface area contributed by atoms with Crippen molar-refractivity contribution in [3.8, 4) is 0 Å². The number of ketones is 1. The van der Waals surface area contributed by atoms with Crippen LogP contribution in [0.15, 0.2) is 12.1 Å². The molecule has 1 aromatic carbocycles. The van der Waals surface area contributed by atoms with E-state index in [0.29, 0.717) is 5.56 Å². The largest absolute Gasteiger partial charge is 0.375 e. The van der Waals surface area contributed by atoms with Crippen LogP contribution in [-0.4, -0.2) is 22.8 Å². The molecule has 1 N–H and O–H groups in total. The number of fused-ring (bicyclic) bond motifs is 1. The van der Waals surface area contributed by atoms with Gasteiger partial charge in [0, 0.05) is 18.0 Å². The van der Waals surface area contributed by atoms with E-state index in [0.717, 1.165) is 16.8 Å². The van der Waals surface area contributed by atoms with Gasteiger partial charge in [-0.2, -0.15) is 0 Å². The summed E-state index contributed by atoms with van der Waals surface area (Å²) in [6.07, 6.45) is -0.176. The zero-order chi connectivity index (χ0) is 15.2. The molecule has 1 heterocycles. The second-order valence-corrected chi connectivity index (χ2v) is 5.99. The number of hydrogen-bond donors (Lipinski definition) is 1.